The Hall–Kier alpha value is -1.04. The van der Waals surface area contributed by atoms with Gasteiger partial charge in [-0.15, -0.1) is 0 Å². The van der Waals surface area contributed by atoms with E-state index in [1.165, 1.54) is 37.4 Å². The molecule has 5 nitrogen and oxygen atoms in total. The van der Waals surface area contributed by atoms with Crippen molar-refractivity contribution in [3.05, 3.63) is 6.33 Å². The Bertz CT molecular complexity index is 333. The number of nitrogens with zero attached hydrogens (tertiary/aromatic N) is 3. The summed E-state index contributed by atoms with van der Waals surface area (Å²) < 4.78 is 0. The fraction of sp³-hybridized carbons (Fsp3) is 0.727. The predicted molar refractivity (Wildman–Crippen MR) is 66.8 cm³/mol. The Labute approximate surface area is 105 Å². The van der Waals surface area contributed by atoms with Crippen LogP contribution in [0.1, 0.15) is 32.1 Å². The van der Waals surface area contributed by atoms with E-state index in [-0.39, 0.29) is 5.91 Å². The lowest BCUT2D eigenvalue weighted by molar-refractivity contribution is -0.128. The molecule has 1 fully saturated rings. The molecule has 2 rings (SSSR count). The van der Waals surface area contributed by atoms with E-state index in [1.807, 2.05) is 4.90 Å². The first-order chi connectivity index (χ1) is 8.36. The standard InChI is InChI=1S/C11H18N4OS/c16-10(8-17-11-12-9-13-14-11)15-6-4-2-1-3-5-7-15/h9H,1-8H2,(H,12,13,14). The lowest BCUT2D eigenvalue weighted by atomic mass is 10.1. The number of nitrogens with one attached hydrogen (secondary N) is 1. The molecule has 0 aliphatic carbocycles. The first kappa shape index (κ1) is 12.4. The van der Waals surface area contributed by atoms with E-state index in [9.17, 15) is 4.79 Å². The van der Waals surface area contributed by atoms with Crippen molar-refractivity contribution in [3.8, 4) is 0 Å². The molecule has 0 bridgehead atoms. The van der Waals surface area contributed by atoms with Crippen LogP contribution in [0.25, 0.3) is 0 Å². The number of carbonyl (C=O) groups is 1. The van der Waals surface area contributed by atoms with Crippen LogP contribution < -0.4 is 0 Å². The summed E-state index contributed by atoms with van der Waals surface area (Å²) in [5.41, 5.74) is 0. The van der Waals surface area contributed by atoms with Crippen LogP contribution in [0.2, 0.25) is 0 Å². The number of aromatic nitrogens is 3. The molecule has 1 aromatic rings. The summed E-state index contributed by atoms with van der Waals surface area (Å²) in [5, 5.41) is 7.22. The van der Waals surface area contributed by atoms with E-state index < -0.39 is 0 Å². The highest BCUT2D eigenvalue weighted by Crippen LogP contribution is 2.14. The Morgan fingerprint density at radius 1 is 1.29 bits per heavy atom. The summed E-state index contributed by atoms with van der Waals surface area (Å²) >= 11 is 1.42. The van der Waals surface area contributed by atoms with Crippen LogP contribution in [-0.2, 0) is 4.79 Å². The van der Waals surface area contributed by atoms with Crippen LogP contribution in [0.4, 0.5) is 0 Å². The first-order valence-electron chi connectivity index (χ1n) is 6.12. The van der Waals surface area contributed by atoms with Crippen molar-refractivity contribution in [2.75, 3.05) is 18.8 Å². The minimum Gasteiger partial charge on any atom is -0.342 e. The quantitative estimate of drug-likeness (QED) is 0.834. The largest absolute Gasteiger partial charge is 0.342 e. The van der Waals surface area contributed by atoms with Gasteiger partial charge in [-0.2, -0.15) is 5.10 Å². The maximum atomic E-state index is 12.0. The van der Waals surface area contributed by atoms with E-state index in [2.05, 4.69) is 15.2 Å². The minimum atomic E-state index is 0.216. The van der Waals surface area contributed by atoms with Gasteiger partial charge in [-0.3, -0.25) is 9.89 Å². The second kappa shape index (κ2) is 6.64. The Kier molecular flexibility index (Phi) is 4.85. The number of amides is 1. The van der Waals surface area contributed by atoms with Crippen molar-refractivity contribution in [3.63, 3.8) is 0 Å². The molecule has 1 aromatic heterocycles. The molecule has 1 saturated heterocycles. The van der Waals surface area contributed by atoms with Crippen LogP contribution in [0.3, 0.4) is 0 Å². The van der Waals surface area contributed by atoms with Gasteiger partial charge in [0.05, 0.1) is 5.75 Å². The maximum absolute atomic E-state index is 12.0. The van der Waals surface area contributed by atoms with Gasteiger partial charge in [-0.05, 0) is 12.8 Å². The Balaban J connectivity index is 1.77. The van der Waals surface area contributed by atoms with Crippen molar-refractivity contribution in [1.29, 1.82) is 0 Å². The van der Waals surface area contributed by atoms with Gasteiger partial charge in [0.25, 0.3) is 0 Å². The lowest BCUT2D eigenvalue weighted by Crippen LogP contribution is -2.35. The van der Waals surface area contributed by atoms with Crippen molar-refractivity contribution >= 4 is 17.7 Å². The zero-order valence-corrected chi connectivity index (χ0v) is 10.7. The number of hydrogen-bond donors (Lipinski definition) is 1. The van der Waals surface area contributed by atoms with Crippen molar-refractivity contribution < 1.29 is 4.79 Å². The second-order valence-electron chi connectivity index (χ2n) is 4.23. The molecule has 1 aliphatic rings. The summed E-state index contributed by atoms with van der Waals surface area (Å²) in [6, 6.07) is 0. The molecule has 0 saturated carbocycles. The molecule has 1 amide bonds. The second-order valence-corrected chi connectivity index (χ2v) is 5.19. The summed E-state index contributed by atoms with van der Waals surface area (Å²) in [5.74, 6) is 0.670. The average Bonchev–Trinajstić information content (AvgIpc) is 2.78. The third kappa shape index (κ3) is 4.03. The number of carbonyl (C=O) groups excluding carboxylic acids is 1. The minimum absolute atomic E-state index is 0.216. The fourth-order valence-electron chi connectivity index (χ4n) is 1.98. The molecule has 0 unspecified atom stereocenters. The van der Waals surface area contributed by atoms with Gasteiger partial charge in [0.1, 0.15) is 6.33 Å². The van der Waals surface area contributed by atoms with Crippen LogP contribution in [0.5, 0.6) is 0 Å². The van der Waals surface area contributed by atoms with Crippen LogP contribution in [-0.4, -0.2) is 44.8 Å². The van der Waals surface area contributed by atoms with Gasteiger partial charge in [0.2, 0.25) is 5.91 Å². The fourth-order valence-corrected chi connectivity index (χ4v) is 2.66. The van der Waals surface area contributed by atoms with Gasteiger partial charge in [-0.25, -0.2) is 4.98 Å². The molecule has 94 valence electrons. The molecule has 0 radical (unpaired) electrons. The van der Waals surface area contributed by atoms with Crippen molar-refractivity contribution in [2.45, 2.75) is 37.3 Å². The third-order valence-corrected chi connectivity index (χ3v) is 3.80. The Morgan fingerprint density at radius 3 is 2.65 bits per heavy atom. The Morgan fingerprint density at radius 2 is 2.00 bits per heavy atom. The third-order valence-electron chi connectivity index (χ3n) is 2.93. The van der Waals surface area contributed by atoms with Gasteiger partial charge >= 0.3 is 0 Å². The molecule has 17 heavy (non-hydrogen) atoms. The topological polar surface area (TPSA) is 61.9 Å². The van der Waals surface area contributed by atoms with Gasteiger partial charge < -0.3 is 4.90 Å². The van der Waals surface area contributed by atoms with E-state index >= 15 is 0 Å². The smallest absolute Gasteiger partial charge is 0.233 e. The van der Waals surface area contributed by atoms with Crippen LogP contribution in [0, 0.1) is 0 Å². The van der Waals surface area contributed by atoms with Crippen molar-refractivity contribution in [2.24, 2.45) is 0 Å². The maximum Gasteiger partial charge on any atom is 0.233 e. The molecular formula is C11H18N4OS. The van der Waals surface area contributed by atoms with Gasteiger partial charge in [0, 0.05) is 13.1 Å². The van der Waals surface area contributed by atoms with Crippen LogP contribution in [0.15, 0.2) is 11.5 Å². The number of aromatic amines is 1. The van der Waals surface area contributed by atoms with Gasteiger partial charge in [0.15, 0.2) is 5.16 Å². The molecule has 0 spiro atoms. The number of hydrogen-bond acceptors (Lipinski definition) is 4. The molecule has 2 heterocycles. The van der Waals surface area contributed by atoms with Crippen molar-refractivity contribution in [1.82, 2.24) is 20.1 Å². The molecular weight excluding hydrogens is 236 g/mol. The zero-order valence-electron chi connectivity index (χ0n) is 9.89. The normalized spacial score (nSPS) is 17.5. The highest BCUT2D eigenvalue weighted by atomic mass is 32.2. The van der Waals surface area contributed by atoms with Gasteiger partial charge in [-0.1, -0.05) is 31.0 Å². The SMILES string of the molecule is O=C(CSc1ncn[nH]1)N1CCCCCCC1. The summed E-state index contributed by atoms with van der Waals surface area (Å²) in [7, 11) is 0. The monoisotopic (exact) mass is 254 g/mol. The number of likely N-dealkylation sites (tertiary alicyclic amines) is 1. The average molecular weight is 254 g/mol. The molecule has 0 atom stereocenters. The summed E-state index contributed by atoms with van der Waals surface area (Å²) in [6.07, 6.45) is 7.55. The number of H-pyrrole nitrogens is 1. The zero-order chi connectivity index (χ0) is 11.9. The van der Waals surface area contributed by atoms with E-state index in [0.29, 0.717) is 10.9 Å². The van der Waals surface area contributed by atoms with E-state index in [4.69, 9.17) is 0 Å². The highest BCUT2D eigenvalue weighted by molar-refractivity contribution is 7.99. The van der Waals surface area contributed by atoms with Crippen LogP contribution >= 0.6 is 11.8 Å². The first-order valence-corrected chi connectivity index (χ1v) is 7.11. The lowest BCUT2D eigenvalue weighted by Gasteiger charge is -2.24. The highest BCUT2D eigenvalue weighted by Gasteiger charge is 2.15. The predicted octanol–water partition coefficient (Wildman–Crippen LogP) is 1.69. The molecule has 0 aromatic carbocycles. The van der Waals surface area contributed by atoms with E-state index in [1.54, 1.807) is 0 Å². The molecule has 6 heteroatoms. The number of thioether (sulfide) groups is 1. The molecule has 1 aliphatic heterocycles. The molecule has 1 N–H and O–H groups in total. The summed E-state index contributed by atoms with van der Waals surface area (Å²) in [6.45, 7) is 1.82. The van der Waals surface area contributed by atoms with E-state index in [0.717, 1.165) is 25.9 Å². The number of rotatable bonds is 3. The summed E-state index contributed by atoms with van der Waals surface area (Å²) in [4.78, 5) is 18.0.